The van der Waals surface area contributed by atoms with Crippen molar-refractivity contribution >= 4 is 17.5 Å². The van der Waals surface area contributed by atoms with Crippen molar-refractivity contribution in [2.75, 3.05) is 11.9 Å². The molecule has 0 radical (unpaired) electrons. The van der Waals surface area contributed by atoms with Gasteiger partial charge in [-0.1, -0.05) is 18.2 Å². The Morgan fingerprint density at radius 2 is 1.70 bits per heavy atom. The molecule has 2 amide bonds. The first-order chi connectivity index (χ1) is 10.9. The van der Waals surface area contributed by atoms with Crippen molar-refractivity contribution in [2.24, 2.45) is 5.41 Å². The van der Waals surface area contributed by atoms with Crippen LogP contribution in [0.5, 0.6) is 0 Å². The third kappa shape index (κ3) is 3.94. The van der Waals surface area contributed by atoms with Crippen molar-refractivity contribution in [3.8, 4) is 0 Å². The molecule has 0 fully saturated rings. The summed E-state index contributed by atoms with van der Waals surface area (Å²) in [6.45, 7) is 3.64. The molecule has 1 aromatic carbocycles. The molecule has 1 heterocycles. The summed E-state index contributed by atoms with van der Waals surface area (Å²) < 4.78 is 0. The zero-order valence-electron chi connectivity index (χ0n) is 13.6. The molecule has 23 heavy (non-hydrogen) atoms. The van der Waals surface area contributed by atoms with Gasteiger partial charge < -0.3 is 10.2 Å². The predicted octanol–water partition coefficient (Wildman–Crippen LogP) is 2.39. The molecule has 0 atom stereocenters. The van der Waals surface area contributed by atoms with Crippen LogP contribution in [0.15, 0.2) is 54.9 Å². The highest BCUT2D eigenvalue weighted by Gasteiger charge is 2.38. The lowest BCUT2D eigenvalue weighted by Gasteiger charge is -2.28. The maximum Gasteiger partial charge on any atom is 0.241 e. The molecule has 2 rings (SSSR count). The normalized spacial score (nSPS) is 10.9. The van der Waals surface area contributed by atoms with E-state index in [4.69, 9.17) is 0 Å². The maximum absolute atomic E-state index is 12.7. The van der Waals surface area contributed by atoms with Crippen LogP contribution in [0.2, 0.25) is 0 Å². The number of hydrogen-bond donors (Lipinski definition) is 1. The van der Waals surface area contributed by atoms with Gasteiger partial charge in [0.05, 0.1) is 0 Å². The largest absolute Gasteiger partial charge is 0.351 e. The van der Waals surface area contributed by atoms with Crippen molar-refractivity contribution in [2.45, 2.75) is 20.4 Å². The van der Waals surface area contributed by atoms with Crippen LogP contribution >= 0.6 is 0 Å². The van der Waals surface area contributed by atoms with Gasteiger partial charge in [-0.3, -0.25) is 14.6 Å². The Kier molecular flexibility index (Phi) is 5.11. The molecule has 0 saturated carbocycles. The van der Waals surface area contributed by atoms with Crippen LogP contribution < -0.4 is 10.2 Å². The monoisotopic (exact) mass is 311 g/mol. The predicted molar refractivity (Wildman–Crippen MR) is 89.7 cm³/mol. The zero-order chi connectivity index (χ0) is 16.9. The molecule has 0 spiro atoms. The molecule has 0 aliphatic rings. The zero-order valence-corrected chi connectivity index (χ0v) is 13.6. The van der Waals surface area contributed by atoms with Crippen LogP contribution in [0, 0.1) is 5.41 Å². The van der Waals surface area contributed by atoms with E-state index in [2.05, 4.69) is 10.3 Å². The van der Waals surface area contributed by atoms with Gasteiger partial charge in [0.15, 0.2) is 0 Å². The minimum Gasteiger partial charge on any atom is -0.351 e. The number of benzene rings is 1. The lowest BCUT2D eigenvalue weighted by Crippen LogP contribution is -2.48. The minimum atomic E-state index is -1.16. The highest BCUT2D eigenvalue weighted by atomic mass is 16.2. The molecular weight excluding hydrogens is 290 g/mol. The summed E-state index contributed by atoms with van der Waals surface area (Å²) in [6.07, 6.45) is 3.34. The van der Waals surface area contributed by atoms with Gasteiger partial charge >= 0.3 is 0 Å². The number of anilines is 1. The average molecular weight is 311 g/mol. The highest BCUT2D eigenvalue weighted by Crippen LogP contribution is 2.23. The van der Waals surface area contributed by atoms with Crippen LogP contribution in [0.25, 0.3) is 0 Å². The van der Waals surface area contributed by atoms with Crippen LogP contribution in [0.1, 0.15) is 19.4 Å². The second kappa shape index (κ2) is 7.05. The van der Waals surface area contributed by atoms with Crippen LogP contribution in [0.3, 0.4) is 0 Å². The number of pyridine rings is 1. The second-order valence-corrected chi connectivity index (χ2v) is 5.86. The van der Waals surface area contributed by atoms with Gasteiger partial charge in [-0.15, -0.1) is 0 Å². The number of carbonyl (C=O) groups is 2. The number of amides is 2. The Morgan fingerprint density at radius 3 is 2.30 bits per heavy atom. The lowest BCUT2D eigenvalue weighted by atomic mass is 9.90. The summed E-state index contributed by atoms with van der Waals surface area (Å²) in [7, 11) is 1.68. The summed E-state index contributed by atoms with van der Waals surface area (Å²) in [6, 6.07) is 12.9. The smallest absolute Gasteiger partial charge is 0.241 e. The first kappa shape index (κ1) is 16.7. The summed E-state index contributed by atoms with van der Waals surface area (Å²) in [4.78, 5) is 30.6. The quantitative estimate of drug-likeness (QED) is 0.862. The lowest BCUT2D eigenvalue weighted by molar-refractivity contribution is -0.139. The van der Waals surface area contributed by atoms with E-state index in [1.54, 1.807) is 33.3 Å². The third-order valence-corrected chi connectivity index (χ3v) is 3.75. The molecule has 1 aromatic heterocycles. The summed E-state index contributed by atoms with van der Waals surface area (Å²) in [5.74, 6) is -0.557. The fourth-order valence-corrected chi connectivity index (χ4v) is 2.19. The van der Waals surface area contributed by atoms with Gasteiger partial charge in [0.2, 0.25) is 11.8 Å². The van der Waals surface area contributed by atoms with Gasteiger partial charge in [-0.05, 0) is 43.7 Å². The Morgan fingerprint density at radius 1 is 1.09 bits per heavy atom. The first-order valence-electron chi connectivity index (χ1n) is 7.43. The SMILES string of the molecule is CN(C(=O)C(C)(C)C(=O)NCc1ccncc1)c1ccccc1. The van der Waals surface area contributed by atoms with Gasteiger partial charge in [0, 0.05) is 31.7 Å². The summed E-state index contributed by atoms with van der Waals surface area (Å²) in [5.41, 5.74) is 0.540. The number of carbonyl (C=O) groups excluding carboxylic acids is 2. The van der Waals surface area contributed by atoms with Crippen LogP contribution in [-0.2, 0) is 16.1 Å². The van der Waals surface area contributed by atoms with Crippen molar-refractivity contribution < 1.29 is 9.59 Å². The van der Waals surface area contributed by atoms with Crippen molar-refractivity contribution in [1.29, 1.82) is 0 Å². The number of aromatic nitrogens is 1. The highest BCUT2D eigenvalue weighted by molar-refractivity contribution is 6.10. The number of nitrogens with zero attached hydrogens (tertiary/aromatic N) is 2. The van der Waals surface area contributed by atoms with E-state index >= 15 is 0 Å². The van der Waals surface area contributed by atoms with Gasteiger partial charge in [-0.2, -0.15) is 0 Å². The first-order valence-corrected chi connectivity index (χ1v) is 7.43. The molecule has 0 aliphatic heterocycles. The fraction of sp³-hybridized carbons (Fsp3) is 0.278. The average Bonchev–Trinajstić information content (AvgIpc) is 2.59. The van der Waals surface area contributed by atoms with E-state index in [0.717, 1.165) is 11.3 Å². The molecule has 5 heteroatoms. The fourth-order valence-electron chi connectivity index (χ4n) is 2.19. The van der Waals surface area contributed by atoms with E-state index < -0.39 is 5.41 Å². The van der Waals surface area contributed by atoms with Crippen molar-refractivity contribution in [3.63, 3.8) is 0 Å². The Labute approximate surface area is 136 Å². The molecule has 120 valence electrons. The van der Waals surface area contributed by atoms with E-state index in [9.17, 15) is 9.59 Å². The molecule has 5 nitrogen and oxygen atoms in total. The Hall–Kier alpha value is -2.69. The van der Waals surface area contributed by atoms with Gasteiger partial charge in [-0.25, -0.2) is 0 Å². The van der Waals surface area contributed by atoms with Gasteiger partial charge in [0.1, 0.15) is 5.41 Å². The van der Waals surface area contributed by atoms with Crippen molar-refractivity contribution in [1.82, 2.24) is 10.3 Å². The molecule has 0 bridgehead atoms. The second-order valence-electron chi connectivity index (χ2n) is 5.86. The third-order valence-electron chi connectivity index (χ3n) is 3.75. The summed E-state index contributed by atoms with van der Waals surface area (Å²) >= 11 is 0. The molecule has 0 saturated heterocycles. The molecule has 1 N–H and O–H groups in total. The molecule has 0 aliphatic carbocycles. The van der Waals surface area contributed by atoms with E-state index in [0.29, 0.717) is 6.54 Å². The molecule has 0 unspecified atom stereocenters. The summed E-state index contributed by atoms with van der Waals surface area (Å²) in [5, 5.41) is 2.81. The van der Waals surface area contributed by atoms with Crippen LogP contribution in [-0.4, -0.2) is 23.8 Å². The number of rotatable bonds is 5. The van der Waals surface area contributed by atoms with E-state index in [1.807, 2.05) is 42.5 Å². The standard InChI is InChI=1S/C18H21N3O2/c1-18(2,16(22)20-13-14-9-11-19-12-10-14)17(23)21(3)15-7-5-4-6-8-15/h4-12H,13H2,1-3H3,(H,20,22). The molecular formula is C18H21N3O2. The van der Waals surface area contributed by atoms with Crippen LogP contribution in [0.4, 0.5) is 5.69 Å². The molecule has 2 aromatic rings. The Bertz CT molecular complexity index is 669. The Balaban J connectivity index is 2.04. The van der Waals surface area contributed by atoms with Crippen molar-refractivity contribution in [3.05, 3.63) is 60.4 Å². The topological polar surface area (TPSA) is 62.3 Å². The van der Waals surface area contributed by atoms with E-state index in [1.165, 1.54) is 4.90 Å². The van der Waals surface area contributed by atoms with E-state index in [-0.39, 0.29) is 11.8 Å². The number of hydrogen-bond acceptors (Lipinski definition) is 3. The maximum atomic E-state index is 12.7. The minimum absolute atomic E-state index is 0.254. The van der Waals surface area contributed by atoms with Gasteiger partial charge in [0.25, 0.3) is 0 Å². The number of nitrogens with one attached hydrogen (secondary N) is 1. The number of para-hydroxylation sites is 1.